The van der Waals surface area contributed by atoms with E-state index >= 15 is 0 Å². The number of pyridine rings is 1. The van der Waals surface area contributed by atoms with Crippen molar-refractivity contribution in [1.82, 2.24) is 4.98 Å². The highest BCUT2D eigenvalue weighted by molar-refractivity contribution is 6.33. The molecule has 3 nitrogen and oxygen atoms in total. The minimum Gasteiger partial charge on any atom is -0.481 e. The van der Waals surface area contributed by atoms with E-state index in [1.807, 2.05) is 37.3 Å². The normalized spacial score (nSPS) is 17.0. The maximum atomic E-state index is 11.2. The predicted octanol–water partition coefficient (Wildman–Crippen LogP) is 3.82. The molecule has 1 aliphatic carbocycles. The first-order valence-electron chi connectivity index (χ1n) is 6.55. The molecule has 20 heavy (non-hydrogen) atoms. The number of aryl methyl sites for hydroxylation is 2. The van der Waals surface area contributed by atoms with Crippen molar-refractivity contribution in [3.05, 3.63) is 52.2 Å². The van der Waals surface area contributed by atoms with Crippen LogP contribution in [0, 0.1) is 6.92 Å². The highest BCUT2D eigenvalue weighted by Crippen LogP contribution is 2.35. The fourth-order valence-corrected chi connectivity index (χ4v) is 3.03. The monoisotopic (exact) mass is 287 g/mol. The van der Waals surface area contributed by atoms with Gasteiger partial charge in [0.2, 0.25) is 0 Å². The Morgan fingerprint density at radius 2 is 2.15 bits per heavy atom. The molecule has 0 radical (unpaired) electrons. The maximum Gasteiger partial charge on any atom is 0.311 e. The first-order chi connectivity index (χ1) is 9.56. The van der Waals surface area contributed by atoms with Crippen molar-refractivity contribution in [3.8, 4) is 11.3 Å². The van der Waals surface area contributed by atoms with Crippen LogP contribution >= 0.6 is 11.6 Å². The Balaban J connectivity index is 2.04. The number of hydrogen-bond donors (Lipinski definition) is 1. The van der Waals surface area contributed by atoms with E-state index in [1.165, 1.54) is 0 Å². The van der Waals surface area contributed by atoms with Gasteiger partial charge in [-0.05, 0) is 43.0 Å². The van der Waals surface area contributed by atoms with E-state index in [9.17, 15) is 9.90 Å². The van der Waals surface area contributed by atoms with E-state index in [0.717, 1.165) is 28.1 Å². The van der Waals surface area contributed by atoms with Gasteiger partial charge in [0.25, 0.3) is 0 Å². The molecule has 0 bridgehead atoms. The van der Waals surface area contributed by atoms with Crippen LogP contribution in [0.15, 0.2) is 30.3 Å². The smallest absolute Gasteiger partial charge is 0.311 e. The molecule has 2 aromatic rings. The summed E-state index contributed by atoms with van der Waals surface area (Å²) in [6, 6.07) is 9.59. The third-order valence-corrected chi connectivity index (χ3v) is 4.07. The van der Waals surface area contributed by atoms with Crippen LogP contribution in [0.25, 0.3) is 11.3 Å². The number of carboxylic acids is 1. The number of rotatable bonds is 2. The molecular weight excluding hydrogens is 274 g/mol. The van der Waals surface area contributed by atoms with Crippen LogP contribution in [-0.2, 0) is 11.2 Å². The quantitative estimate of drug-likeness (QED) is 0.913. The summed E-state index contributed by atoms with van der Waals surface area (Å²) in [6.07, 6.45) is 1.34. The second-order valence-electron chi connectivity index (χ2n) is 5.15. The Hall–Kier alpha value is -1.87. The zero-order chi connectivity index (χ0) is 14.3. The molecule has 0 aliphatic heterocycles. The third kappa shape index (κ3) is 2.18. The molecule has 1 aliphatic rings. The van der Waals surface area contributed by atoms with E-state index in [4.69, 9.17) is 11.6 Å². The van der Waals surface area contributed by atoms with Gasteiger partial charge in [0, 0.05) is 11.3 Å². The number of aromatic nitrogens is 1. The van der Waals surface area contributed by atoms with Gasteiger partial charge in [-0.25, -0.2) is 0 Å². The molecule has 0 spiro atoms. The van der Waals surface area contributed by atoms with Crippen molar-refractivity contribution in [1.29, 1.82) is 0 Å². The second-order valence-corrected chi connectivity index (χ2v) is 5.55. The van der Waals surface area contributed by atoms with E-state index in [1.54, 1.807) is 0 Å². The number of carbonyl (C=O) groups is 1. The lowest BCUT2D eigenvalue weighted by atomic mass is 10.0. The lowest BCUT2D eigenvalue weighted by Crippen LogP contribution is -2.07. The summed E-state index contributed by atoms with van der Waals surface area (Å²) in [5.74, 6) is -1.19. The molecule has 0 saturated heterocycles. The van der Waals surface area contributed by atoms with Crippen molar-refractivity contribution in [2.24, 2.45) is 0 Å². The summed E-state index contributed by atoms with van der Waals surface area (Å²) in [6.45, 7) is 1.99. The summed E-state index contributed by atoms with van der Waals surface area (Å²) in [5.41, 5.74) is 4.51. The van der Waals surface area contributed by atoms with Crippen LogP contribution in [0.4, 0.5) is 0 Å². The predicted molar refractivity (Wildman–Crippen MR) is 78.1 cm³/mol. The van der Waals surface area contributed by atoms with E-state index < -0.39 is 11.9 Å². The van der Waals surface area contributed by atoms with Crippen molar-refractivity contribution in [3.63, 3.8) is 0 Å². The molecule has 0 saturated carbocycles. The Kier molecular flexibility index (Phi) is 3.22. The fourth-order valence-electron chi connectivity index (χ4n) is 2.70. The molecule has 0 amide bonds. The van der Waals surface area contributed by atoms with Gasteiger partial charge < -0.3 is 5.11 Å². The first kappa shape index (κ1) is 13.1. The van der Waals surface area contributed by atoms with Gasteiger partial charge >= 0.3 is 5.97 Å². The van der Waals surface area contributed by atoms with Gasteiger partial charge in [0.05, 0.1) is 16.6 Å². The topological polar surface area (TPSA) is 50.2 Å². The van der Waals surface area contributed by atoms with Gasteiger partial charge in [0.15, 0.2) is 0 Å². The average molecular weight is 288 g/mol. The number of benzene rings is 1. The van der Waals surface area contributed by atoms with Gasteiger partial charge in [-0.1, -0.05) is 29.8 Å². The van der Waals surface area contributed by atoms with Crippen LogP contribution < -0.4 is 0 Å². The summed E-state index contributed by atoms with van der Waals surface area (Å²) in [4.78, 5) is 15.8. The van der Waals surface area contributed by atoms with Crippen molar-refractivity contribution >= 4 is 17.6 Å². The minimum atomic E-state index is -0.772. The number of halogens is 1. The van der Waals surface area contributed by atoms with Gasteiger partial charge in [-0.3, -0.25) is 9.78 Å². The van der Waals surface area contributed by atoms with Crippen LogP contribution in [0.2, 0.25) is 5.02 Å². The van der Waals surface area contributed by atoms with Crippen LogP contribution in [-0.4, -0.2) is 16.1 Å². The number of fused-ring (bicyclic) bond motifs is 1. The van der Waals surface area contributed by atoms with Crippen molar-refractivity contribution in [2.45, 2.75) is 25.7 Å². The van der Waals surface area contributed by atoms with E-state index in [-0.39, 0.29) is 0 Å². The number of carboxylic acid groups (broad SMARTS) is 1. The van der Waals surface area contributed by atoms with E-state index in [2.05, 4.69) is 4.98 Å². The summed E-state index contributed by atoms with van der Waals surface area (Å²) >= 11 is 6.26. The molecule has 102 valence electrons. The van der Waals surface area contributed by atoms with Gasteiger partial charge in [-0.15, -0.1) is 0 Å². The summed E-state index contributed by atoms with van der Waals surface area (Å²) in [7, 11) is 0. The molecule has 4 heteroatoms. The van der Waals surface area contributed by atoms with Gasteiger partial charge in [-0.2, -0.15) is 0 Å². The zero-order valence-electron chi connectivity index (χ0n) is 11.1. The lowest BCUT2D eigenvalue weighted by molar-refractivity contribution is -0.138. The Morgan fingerprint density at radius 3 is 2.85 bits per heavy atom. The van der Waals surface area contributed by atoms with Crippen LogP contribution in [0.3, 0.4) is 0 Å². The number of aliphatic carboxylic acids is 1. The molecule has 1 unspecified atom stereocenters. The highest BCUT2D eigenvalue weighted by atomic mass is 35.5. The molecule has 0 fully saturated rings. The molecule has 1 N–H and O–H groups in total. The second kappa shape index (κ2) is 4.91. The summed E-state index contributed by atoms with van der Waals surface area (Å²) in [5, 5.41) is 9.84. The van der Waals surface area contributed by atoms with Crippen LogP contribution in [0.1, 0.15) is 29.2 Å². The standard InChI is InChI=1S/C16H14ClNO2/c1-9-2-3-12(13(17)8-9)15-6-4-10-11(16(19)20)5-7-14(10)18-15/h2-4,6,8,11H,5,7H2,1H3,(H,19,20). The molecule has 1 aromatic carbocycles. The number of nitrogens with zero attached hydrogens (tertiary/aromatic N) is 1. The van der Waals surface area contributed by atoms with Crippen molar-refractivity contribution in [2.75, 3.05) is 0 Å². The molecule has 1 aromatic heterocycles. The number of hydrogen-bond acceptors (Lipinski definition) is 2. The SMILES string of the molecule is Cc1ccc(-c2ccc3c(n2)CCC3C(=O)O)c(Cl)c1. The summed E-state index contributed by atoms with van der Waals surface area (Å²) < 4.78 is 0. The average Bonchev–Trinajstić information content (AvgIpc) is 2.81. The fraction of sp³-hybridized carbons (Fsp3) is 0.250. The Bertz CT molecular complexity index is 697. The third-order valence-electron chi connectivity index (χ3n) is 3.75. The molecule has 1 heterocycles. The van der Waals surface area contributed by atoms with Crippen LogP contribution in [0.5, 0.6) is 0 Å². The van der Waals surface area contributed by atoms with Crippen molar-refractivity contribution < 1.29 is 9.90 Å². The largest absolute Gasteiger partial charge is 0.481 e. The first-order valence-corrected chi connectivity index (χ1v) is 6.93. The minimum absolute atomic E-state index is 0.417. The lowest BCUT2D eigenvalue weighted by Gasteiger charge is -2.09. The Labute approximate surface area is 122 Å². The Morgan fingerprint density at radius 1 is 1.35 bits per heavy atom. The molecule has 1 atom stereocenters. The highest BCUT2D eigenvalue weighted by Gasteiger charge is 2.29. The zero-order valence-corrected chi connectivity index (χ0v) is 11.8. The van der Waals surface area contributed by atoms with E-state index in [0.29, 0.717) is 17.9 Å². The van der Waals surface area contributed by atoms with Gasteiger partial charge in [0.1, 0.15) is 0 Å². The molecule has 3 rings (SSSR count). The maximum absolute atomic E-state index is 11.2. The molecular formula is C16H14ClNO2.